The molecule has 0 radical (unpaired) electrons. The van der Waals surface area contributed by atoms with Gasteiger partial charge in [-0.15, -0.1) is 0 Å². The lowest BCUT2D eigenvalue weighted by atomic mass is 10.0. The third-order valence-electron chi connectivity index (χ3n) is 5.27. The van der Waals surface area contributed by atoms with Crippen molar-refractivity contribution in [2.75, 3.05) is 0 Å². The number of imidazole rings is 1. The molecule has 0 aromatic heterocycles. The highest BCUT2D eigenvalue weighted by molar-refractivity contribution is 5.66. The second-order valence-corrected chi connectivity index (χ2v) is 7.47. The monoisotopic (exact) mass is 451 g/mol. The van der Waals surface area contributed by atoms with Gasteiger partial charge in [-0.1, -0.05) is 18.2 Å². The van der Waals surface area contributed by atoms with Crippen molar-refractivity contribution in [3.05, 3.63) is 108 Å². The fourth-order valence-electron chi connectivity index (χ4n) is 3.61. The normalized spacial score (nSPS) is 11.3. The van der Waals surface area contributed by atoms with E-state index < -0.39 is 29.1 Å². The lowest BCUT2D eigenvalue weighted by molar-refractivity contribution is 0.510. The summed E-state index contributed by atoms with van der Waals surface area (Å²) >= 11 is 0. The Kier molecular flexibility index (Phi) is 5.12. The molecule has 0 saturated carbocycles. The van der Waals surface area contributed by atoms with E-state index in [4.69, 9.17) is 0 Å². The summed E-state index contributed by atoms with van der Waals surface area (Å²) in [4.78, 5) is 8.52. The molecule has 0 unspecified atom stereocenters. The van der Waals surface area contributed by atoms with E-state index in [-0.39, 0.29) is 29.1 Å². The van der Waals surface area contributed by atoms with Gasteiger partial charge in [-0.05, 0) is 42.0 Å². The Morgan fingerprint density at radius 2 is 1.52 bits per heavy atom. The zero-order valence-corrected chi connectivity index (χ0v) is 16.9. The summed E-state index contributed by atoms with van der Waals surface area (Å²) in [5.74, 6) is -4.01. The van der Waals surface area contributed by atoms with Crippen LogP contribution in [0, 0.1) is 29.1 Å². The van der Waals surface area contributed by atoms with Crippen molar-refractivity contribution >= 4 is 0 Å². The first-order valence-corrected chi connectivity index (χ1v) is 9.91. The van der Waals surface area contributed by atoms with Crippen LogP contribution in [0.1, 0.15) is 5.56 Å². The Bertz CT molecular complexity index is 1460. The summed E-state index contributed by atoms with van der Waals surface area (Å²) in [5, 5.41) is 0. The van der Waals surface area contributed by atoms with Gasteiger partial charge in [-0.2, -0.15) is 0 Å². The van der Waals surface area contributed by atoms with Gasteiger partial charge in [0.05, 0.1) is 11.3 Å². The molecule has 3 nitrogen and oxygen atoms in total. The van der Waals surface area contributed by atoms with Crippen LogP contribution in [0.15, 0.2) is 73.1 Å². The van der Waals surface area contributed by atoms with Gasteiger partial charge in [0.2, 0.25) is 0 Å². The van der Waals surface area contributed by atoms with Crippen LogP contribution in [-0.2, 0) is 6.54 Å². The molecule has 0 saturated heterocycles. The quantitative estimate of drug-likeness (QED) is 0.294. The van der Waals surface area contributed by atoms with E-state index in [0.29, 0.717) is 17.0 Å². The summed E-state index contributed by atoms with van der Waals surface area (Å²) in [6.07, 6.45) is 3.28. The second kappa shape index (κ2) is 8.12. The molecule has 33 heavy (non-hydrogen) atoms. The number of hydrogen-bond acceptors (Lipinski definition) is 2. The number of hydrogen-bond donors (Lipinski definition) is 0. The molecule has 2 heterocycles. The fourth-order valence-corrected chi connectivity index (χ4v) is 3.61. The van der Waals surface area contributed by atoms with Crippen LogP contribution in [0.2, 0.25) is 0 Å². The number of halogens is 5. The Balaban J connectivity index is 1.43. The minimum atomic E-state index is -1.03. The topological polar surface area (TPSA) is 30.7 Å². The molecule has 0 atom stereocenters. The standard InChI is InChI=1S/C25H14F5N3/c26-16-6-7-17(21(29)11-16)14-4-5-15(20(28)10-14)12-33-9-8-22-23(13-33)32-25(31-22)18-2-1-3-19(27)24(18)30/h1-11,13H,12H2. The van der Waals surface area contributed by atoms with Crippen LogP contribution in [0.3, 0.4) is 0 Å². The Labute approximate surface area is 185 Å². The van der Waals surface area contributed by atoms with Gasteiger partial charge in [0, 0.05) is 36.1 Å². The van der Waals surface area contributed by atoms with E-state index in [9.17, 15) is 22.0 Å². The molecule has 0 spiro atoms. The average molecular weight is 451 g/mol. The molecule has 2 aliphatic heterocycles. The zero-order valence-electron chi connectivity index (χ0n) is 16.9. The Morgan fingerprint density at radius 3 is 2.30 bits per heavy atom. The maximum absolute atomic E-state index is 14.7. The summed E-state index contributed by atoms with van der Waals surface area (Å²) < 4.78 is 71.2. The van der Waals surface area contributed by atoms with E-state index >= 15 is 0 Å². The van der Waals surface area contributed by atoms with Crippen molar-refractivity contribution in [2.45, 2.75) is 6.54 Å². The van der Waals surface area contributed by atoms with Crippen molar-refractivity contribution in [2.24, 2.45) is 0 Å². The fraction of sp³-hybridized carbons (Fsp3) is 0.0400. The highest BCUT2D eigenvalue weighted by Gasteiger charge is 2.18. The Hall–Kier alpha value is -4.07. The molecule has 8 heteroatoms. The third kappa shape index (κ3) is 3.95. The highest BCUT2D eigenvalue weighted by atomic mass is 19.2. The minimum absolute atomic E-state index is 0.0487. The molecule has 0 fully saturated rings. The van der Waals surface area contributed by atoms with Gasteiger partial charge in [-0.3, -0.25) is 0 Å². The second-order valence-electron chi connectivity index (χ2n) is 7.47. The first-order chi connectivity index (χ1) is 15.9. The number of aromatic nitrogens is 3. The van der Waals surface area contributed by atoms with Crippen LogP contribution >= 0.6 is 0 Å². The van der Waals surface area contributed by atoms with Crippen LogP contribution < -0.4 is 0 Å². The number of benzene rings is 3. The van der Waals surface area contributed by atoms with Crippen molar-refractivity contribution in [1.82, 2.24) is 14.5 Å². The summed E-state index contributed by atoms with van der Waals surface area (Å²) in [6.45, 7) is 0.143. The summed E-state index contributed by atoms with van der Waals surface area (Å²) in [6, 6.07) is 12.8. The van der Waals surface area contributed by atoms with Crippen molar-refractivity contribution in [3.8, 4) is 33.9 Å². The number of pyridine rings is 1. The largest absolute Gasteiger partial charge is 0.347 e. The van der Waals surface area contributed by atoms with Crippen molar-refractivity contribution in [3.63, 3.8) is 0 Å². The summed E-state index contributed by atoms with van der Waals surface area (Å²) in [5.41, 5.74) is 1.58. The zero-order chi connectivity index (χ0) is 23.1. The predicted octanol–water partition coefficient (Wildman–Crippen LogP) is 6.46. The molecule has 164 valence electrons. The minimum Gasteiger partial charge on any atom is -0.347 e. The third-order valence-corrected chi connectivity index (χ3v) is 5.27. The van der Waals surface area contributed by atoms with Crippen LogP contribution in [0.25, 0.3) is 33.9 Å². The van der Waals surface area contributed by atoms with E-state index in [2.05, 4.69) is 9.97 Å². The maximum atomic E-state index is 14.7. The number of nitrogens with zero attached hydrogens (tertiary/aromatic N) is 3. The first kappa shape index (κ1) is 20.8. The molecular weight excluding hydrogens is 437 g/mol. The molecular formula is C25H14F5N3. The molecule has 5 rings (SSSR count). The van der Waals surface area contributed by atoms with E-state index in [0.717, 1.165) is 18.2 Å². The van der Waals surface area contributed by atoms with E-state index in [1.165, 1.54) is 30.3 Å². The van der Waals surface area contributed by atoms with Crippen molar-refractivity contribution in [1.29, 1.82) is 0 Å². The van der Waals surface area contributed by atoms with Gasteiger partial charge in [0.1, 0.15) is 23.1 Å². The van der Waals surface area contributed by atoms with Crippen LogP contribution in [0.4, 0.5) is 22.0 Å². The van der Waals surface area contributed by atoms with E-state index in [1.807, 2.05) is 0 Å². The van der Waals surface area contributed by atoms with Crippen molar-refractivity contribution < 1.29 is 22.0 Å². The molecule has 3 aromatic rings. The lowest BCUT2D eigenvalue weighted by Crippen LogP contribution is -2.03. The average Bonchev–Trinajstić information content (AvgIpc) is 3.20. The SMILES string of the molecule is Fc1ccc(-c2ccc(Cn3ccc4nc(-c5cccc(F)c5F)nc-4c3)c(F)c2)c(F)c1. The molecule has 2 aliphatic rings. The molecule has 0 amide bonds. The van der Waals surface area contributed by atoms with Gasteiger partial charge < -0.3 is 4.57 Å². The smallest absolute Gasteiger partial charge is 0.169 e. The number of rotatable bonds is 4. The van der Waals surface area contributed by atoms with Crippen LogP contribution in [0.5, 0.6) is 0 Å². The van der Waals surface area contributed by atoms with E-state index in [1.54, 1.807) is 29.1 Å². The maximum Gasteiger partial charge on any atom is 0.169 e. The van der Waals surface area contributed by atoms with Gasteiger partial charge in [-0.25, -0.2) is 31.9 Å². The highest BCUT2D eigenvalue weighted by Crippen LogP contribution is 2.29. The molecule has 0 aliphatic carbocycles. The van der Waals surface area contributed by atoms with Gasteiger partial charge in [0.15, 0.2) is 17.5 Å². The molecule has 0 N–H and O–H groups in total. The lowest BCUT2D eigenvalue weighted by Gasteiger charge is -2.11. The molecule has 3 aromatic carbocycles. The predicted molar refractivity (Wildman–Crippen MR) is 113 cm³/mol. The summed E-state index contributed by atoms with van der Waals surface area (Å²) in [7, 11) is 0. The van der Waals surface area contributed by atoms with Gasteiger partial charge in [0.25, 0.3) is 0 Å². The number of fused-ring (bicyclic) bond motifs is 1. The van der Waals surface area contributed by atoms with Gasteiger partial charge >= 0.3 is 0 Å². The molecule has 0 bridgehead atoms. The Morgan fingerprint density at radius 1 is 0.697 bits per heavy atom. The first-order valence-electron chi connectivity index (χ1n) is 9.91. The van der Waals surface area contributed by atoms with Crippen LogP contribution in [-0.4, -0.2) is 14.5 Å².